The molecule has 2 aromatic rings. The summed E-state index contributed by atoms with van der Waals surface area (Å²) in [7, 11) is 0. The molecule has 0 amide bonds. The summed E-state index contributed by atoms with van der Waals surface area (Å²) in [5.74, 6) is -0.763. The van der Waals surface area contributed by atoms with Gasteiger partial charge >= 0.3 is 5.97 Å². The van der Waals surface area contributed by atoms with Gasteiger partial charge in [-0.15, -0.1) is 15.3 Å². The van der Waals surface area contributed by atoms with Crippen LogP contribution in [-0.2, 0) is 0 Å². The topological polar surface area (TPSA) is 107 Å². The van der Waals surface area contributed by atoms with E-state index in [9.17, 15) is 4.79 Å². The molecule has 0 bridgehead atoms. The van der Waals surface area contributed by atoms with E-state index in [1.807, 2.05) is 0 Å². The van der Waals surface area contributed by atoms with E-state index in [0.717, 1.165) is 0 Å². The maximum atomic E-state index is 10.4. The molecule has 1 N–H and O–H groups in total. The van der Waals surface area contributed by atoms with Gasteiger partial charge in [0.05, 0.1) is 0 Å². The Hall–Kier alpha value is -2.38. The van der Waals surface area contributed by atoms with Crippen LogP contribution in [0, 0.1) is 0 Å². The maximum Gasteiger partial charge on any atom is 0.356 e. The van der Waals surface area contributed by atoms with Crippen molar-refractivity contribution in [3.8, 4) is 5.82 Å². The van der Waals surface area contributed by atoms with Gasteiger partial charge in [0.1, 0.15) is 6.33 Å². The lowest BCUT2D eigenvalue weighted by Gasteiger charge is -1.96. The molecule has 0 saturated heterocycles. The summed E-state index contributed by atoms with van der Waals surface area (Å²) in [5.41, 5.74) is -0.123. The molecule has 0 aliphatic heterocycles. The molecule has 0 atom stereocenters. The lowest BCUT2D eigenvalue weighted by molar-refractivity contribution is 0.0689. The van der Waals surface area contributed by atoms with Crippen LogP contribution in [0.5, 0.6) is 0 Å². The summed E-state index contributed by atoms with van der Waals surface area (Å²) in [6.07, 6.45) is 1.34. The molecule has 14 heavy (non-hydrogen) atoms. The standard InChI is InChI=1S/C6H4N6O2/c13-6(14)4-1-2-5(9-8-4)12-3-7-10-11-12/h1-3H,(H,13,14). The smallest absolute Gasteiger partial charge is 0.356 e. The maximum absolute atomic E-state index is 10.4. The second kappa shape index (κ2) is 3.17. The van der Waals surface area contributed by atoms with Crippen LogP contribution in [0.1, 0.15) is 10.5 Å². The van der Waals surface area contributed by atoms with E-state index in [1.54, 1.807) is 0 Å². The quantitative estimate of drug-likeness (QED) is 0.660. The molecule has 0 fully saturated rings. The van der Waals surface area contributed by atoms with Crippen molar-refractivity contribution >= 4 is 5.97 Å². The Bertz CT molecular complexity index is 436. The molecule has 0 aromatic carbocycles. The van der Waals surface area contributed by atoms with Crippen LogP contribution in [0.15, 0.2) is 18.5 Å². The fraction of sp³-hybridized carbons (Fsp3) is 0. The van der Waals surface area contributed by atoms with Crippen LogP contribution in [0.25, 0.3) is 5.82 Å². The van der Waals surface area contributed by atoms with E-state index in [-0.39, 0.29) is 5.69 Å². The number of carboxylic acid groups (broad SMARTS) is 1. The van der Waals surface area contributed by atoms with E-state index in [1.165, 1.54) is 23.1 Å². The van der Waals surface area contributed by atoms with Crippen molar-refractivity contribution in [1.29, 1.82) is 0 Å². The monoisotopic (exact) mass is 192 g/mol. The number of hydrogen-bond donors (Lipinski definition) is 1. The van der Waals surface area contributed by atoms with Gasteiger partial charge in [-0.3, -0.25) is 0 Å². The zero-order chi connectivity index (χ0) is 9.97. The average molecular weight is 192 g/mol. The number of rotatable bonds is 2. The Labute approximate surface area is 77.2 Å². The van der Waals surface area contributed by atoms with Crippen molar-refractivity contribution in [1.82, 2.24) is 30.4 Å². The third-order valence-electron chi connectivity index (χ3n) is 1.45. The fourth-order valence-corrected chi connectivity index (χ4v) is 0.828. The molecule has 0 spiro atoms. The van der Waals surface area contributed by atoms with Crippen LogP contribution < -0.4 is 0 Å². The van der Waals surface area contributed by atoms with Crippen molar-refractivity contribution in [3.05, 3.63) is 24.2 Å². The highest BCUT2D eigenvalue weighted by Crippen LogP contribution is 1.99. The summed E-state index contributed by atoms with van der Waals surface area (Å²) >= 11 is 0. The normalized spacial score (nSPS) is 10.0. The molecular formula is C6H4N6O2. The van der Waals surface area contributed by atoms with Crippen molar-refractivity contribution in [2.45, 2.75) is 0 Å². The average Bonchev–Trinajstić information content (AvgIpc) is 2.71. The zero-order valence-corrected chi connectivity index (χ0v) is 6.77. The van der Waals surface area contributed by atoms with Crippen molar-refractivity contribution in [2.75, 3.05) is 0 Å². The van der Waals surface area contributed by atoms with E-state index >= 15 is 0 Å². The SMILES string of the molecule is O=C(O)c1ccc(-n2cnnn2)nn1. The molecule has 2 rings (SSSR count). The van der Waals surface area contributed by atoms with Crippen molar-refractivity contribution < 1.29 is 9.90 Å². The number of hydrogen-bond acceptors (Lipinski definition) is 6. The summed E-state index contributed by atoms with van der Waals surface area (Å²) in [6, 6.07) is 2.79. The van der Waals surface area contributed by atoms with Crippen LogP contribution in [-0.4, -0.2) is 41.5 Å². The molecular weight excluding hydrogens is 188 g/mol. The van der Waals surface area contributed by atoms with Gasteiger partial charge in [0.15, 0.2) is 11.5 Å². The first kappa shape index (κ1) is 8.23. The summed E-state index contributed by atoms with van der Waals surface area (Å²) < 4.78 is 1.28. The van der Waals surface area contributed by atoms with Gasteiger partial charge < -0.3 is 5.11 Å². The number of aromatic nitrogens is 6. The van der Waals surface area contributed by atoms with E-state index in [4.69, 9.17) is 5.11 Å². The Morgan fingerprint density at radius 1 is 1.36 bits per heavy atom. The van der Waals surface area contributed by atoms with Gasteiger partial charge in [0, 0.05) is 0 Å². The third kappa shape index (κ3) is 1.40. The van der Waals surface area contributed by atoms with Gasteiger partial charge in [-0.1, -0.05) is 0 Å². The molecule has 8 nitrogen and oxygen atoms in total. The predicted molar refractivity (Wildman–Crippen MR) is 41.7 cm³/mol. The molecule has 0 aliphatic rings. The minimum Gasteiger partial charge on any atom is -0.476 e. The number of carbonyl (C=O) groups is 1. The zero-order valence-electron chi connectivity index (χ0n) is 6.77. The van der Waals surface area contributed by atoms with Crippen LogP contribution in [0.4, 0.5) is 0 Å². The highest BCUT2D eigenvalue weighted by Gasteiger charge is 2.06. The Balaban J connectivity index is 2.36. The highest BCUT2D eigenvalue weighted by molar-refractivity contribution is 5.85. The molecule has 2 heterocycles. The van der Waals surface area contributed by atoms with Crippen molar-refractivity contribution in [3.63, 3.8) is 0 Å². The van der Waals surface area contributed by atoms with Gasteiger partial charge in [-0.25, -0.2) is 4.79 Å². The largest absolute Gasteiger partial charge is 0.476 e. The molecule has 8 heteroatoms. The van der Waals surface area contributed by atoms with Gasteiger partial charge in [0.2, 0.25) is 0 Å². The predicted octanol–water partition coefficient (Wildman–Crippen LogP) is -0.850. The first-order valence-electron chi connectivity index (χ1n) is 3.58. The summed E-state index contributed by atoms with van der Waals surface area (Å²) in [4.78, 5) is 10.4. The van der Waals surface area contributed by atoms with Crippen LogP contribution >= 0.6 is 0 Å². The molecule has 0 unspecified atom stereocenters. The van der Waals surface area contributed by atoms with Crippen LogP contribution in [0.2, 0.25) is 0 Å². The number of nitrogens with zero attached hydrogens (tertiary/aromatic N) is 6. The van der Waals surface area contributed by atoms with Gasteiger partial charge in [-0.2, -0.15) is 4.68 Å². The molecule has 70 valence electrons. The highest BCUT2D eigenvalue weighted by atomic mass is 16.4. The number of carboxylic acids is 1. The summed E-state index contributed by atoms with van der Waals surface area (Å²) in [5, 5.41) is 26.0. The van der Waals surface area contributed by atoms with E-state index in [0.29, 0.717) is 5.82 Å². The Morgan fingerprint density at radius 2 is 2.21 bits per heavy atom. The second-order valence-corrected chi connectivity index (χ2v) is 2.34. The van der Waals surface area contributed by atoms with Crippen molar-refractivity contribution in [2.24, 2.45) is 0 Å². The first-order valence-corrected chi connectivity index (χ1v) is 3.58. The number of tetrazole rings is 1. The molecule has 0 radical (unpaired) electrons. The van der Waals surface area contributed by atoms with Crippen LogP contribution in [0.3, 0.4) is 0 Å². The molecule has 2 aromatic heterocycles. The Morgan fingerprint density at radius 3 is 2.71 bits per heavy atom. The molecule has 0 aliphatic carbocycles. The minimum absolute atomic E-state index is 0.123. The molecule has 0 saturated carbocycles. The lowest BCUT2D eigenvalue weighted by atomic mass is 10.4. The first-order chi connectivity index (χ1) is 6.77. The Kier molecular flexibility index (Phi) is 1.86. The number of aromatic carboxylic acids is 1. The van der Waals surface area contributed by atoms with E-state index < -0.39 is 5.97 Å². The second-order valence-electron chi connectivity index (χ2n) is 2.34. The fourth-order valence-electron chi connectivity index (χ4n) is 0.828. The third-order valence-corrected chi connectivity index (χ3v) is 1.45. The lowest BCUT2D eigenvalue weighted by Crippen LogP contribution is -2.05. The van der Waals surface area contributed by atoms with E-state index in [2.05, 4.69) is 25.7 Å². The van der Waals surface area contributed by atoms with Gasteiger partial charge in [-0.05, 0) is 22.6 Å². The van der Waals surface area contributed by atoms with Gasteiger partial charge in [0.25, 0.3) is 0 Å². The minimum atomic E-state index is -1.12. The summed E-state index contributed by atoms with van der Waals surface area (Å²) in [6.45, 7) is 0.